The molecular formula is C19H24N2O3S. The third-order valence-corrected chi connectivity index (χ3v) is 5.74. The van der Waals surface area contributed by atoms with Crippen LogP contribution in [0.3, 0.4) is 0 Å². The maximum absolute atomic E-state index is 13.2. The molecule has 2 aromatic rings. The van der Waals surface area contributed by atoms with E-state index < -0.39 is 10.0 Å². The third kappa shape index (κ3) is 3.58. The number of para-hydroxylation sites is 2. The summed E-state index contributed by atoms with van der Waals surface area (Å²) in [7, 11) is -3.65. The van der Waals surface area contributed by atoms with Crippen molar-refractivity contribution in [3.63, 3.8) is 0 Å². The number of nitrogens with one attached hydrogen (secondary N) is 1. The number of benzene rings is 2. The number of hydrogen-bond donors (Lipinski definition) is 1. The minimum atomic E-state index is -3.65. The normalized spacial score (nSPS) is 16.3. The predicted molar refractivity (Wildman–Crippen MR) is 101 cm³/mol. The Hall–Kier alpha value is -2.21. The summed E-state index contributed by atoms with van der Waals surface area (Å²) in [6.45, 7) is 8.21. The van der Waals surface area contributed by atoms with Crippen molar-refractivity contribution in [3.8, 4) is 5.75 Å². The Morgan fingerprint density at radius 3 is 2.36 bits per heavy atom. The van der Waals surface area contributed by atoms with Gasteiger partial charge in [0.15, 0.2) is 0 Å². The molecule has 134 valence electrons. The molecule has 0 saturated heterocycles. The molecule has 0 atom stereocenters. The van der Waals surface area contributed by atoms with Crippen molar-refractivity contribution in [2.24, 2.45) is 0 Å². The van der Waals surface area contributed by atoms with Gasteiger partial charge in [0.1, 0.15) is 5.75 Å². The van der Waals surface area contributed by atoms with Crippen LogP contribution in [-0.4, -0.2) is 26.6 Å². The summed E-state index contributed by atoms with van der Waals surface area (Å²) in [6, 6.07) is 14.1. The molecular weight excluding hydrogens is 336 g/mol. The lowest BCUT2D eigenvalue weighted by atomic mass is 10.0. The SMILES string of the molecule is CC(C)Oc1ccc(S(=O)(=O)N2CC(C)(C)Nc3ccccc32)cc1. The van der Waals surface area contributed by atoms with Gasteiger partial charge in [0.25, 0.3) is 10.0 Å². The topological polar surface area (TPSA) is 58.6 Å². The molecule has 0 amide bonds. The van der Waals surface area contributed by atoms with Crippen molar-refractivity contribution in [2.75, 3.05) is 16.2 Å². The summed E-state index contributed by atoms with van der Waals surface area (Å²) in [4.78, 5) is 0.260. The number of hydrogen-bond acceptors (Lipinski definition) is 4. The maximum Gasteiger partial charge on any atom is 0.264 e. The molecule has 0 bridgehead atoms. The van der Waals surface area contributed by atoms with Crippen molar-refractivity contribution in [1.29, 1.82) is 0 Å². The standard InChI is InChI=1S/C19H24N2O3S/c1-14(2)24-15-9-11-16(12-10-15)25(22,23)21-13-19(3,4)20-17-7-5-6-8-18(17)21/h5-12,14,20H,13H2,1-4H3. The van der Waals surface area contributed by atoms with Crippen LogP contribution in [0, 0.1) is 0 Å². The van der Waals surface area contributed by atoms with Gasteiger partial charge in [0, 0.05) is 0 Å². The lowest BCUT2D eigenvalue weighted by Gasteiger charge is -2.41. The smallest absolute Gasteiger partial charge is 0.264 e. The van der Waals surface area contributed by atoms with Crippen LogP contribution in [0.5, 0.6) is 5.75 Å². The fourth-order valence-corrected chi connectivity index (χ4v) is 4.59. The summed E-state index contributed by atoms with van der Waals surface area (Å²) < 4.78 is 33.5. The Balaban J connectivity index is 1.99. The monoisotopic (exact) mass is 360 g/mol. The van der Waals surface area contributed by atoms with E-state index in [1.54, 1.807) is 24.3 Å². The summed E-state index contributed by atoms with van der Waals surface area (Å²) in [5.41, 5.74) is 1.13. The Morgan fingerprint density at radius 1 is 1.08 bits per heavy atom. The van der Waals surface area contributed by atoms with Gasteiger partial charge in [-0.15, -0.1) is 0 Å². The molecule has 0 unspecified atom stereocenters. The summed E-state index contributed by atoms with van der Waals surface area (Å²) in [5.74, 6) is 0.662. The van der Waals surface area contributed by atoms with E-state index in [1.165, 1.54) is 4.31 Å². The number of rotatable bonds is 4. The number of ether oxygens (including phenoxy) is 1. The third-order valence-electron chi connectivity index (χ3n) is 3.97. The number of sulfonamides is 1. The van der Waals surface area contributed by atoms with Gasteiger partial charge in [-0.3, -0.25) is 4.31 Å². The Labute approximate surface area is 149 Å². The largest absolute Gasteiger partial charge is 0.491 e. The molecule has 1 aliphatic heterocycles. The van der Waals surface area contributed by atoms with E-state index >= 15 is 0 Å². The molecule has 3 rings (SSSR count). The second-order valence-electron chi connectivity index (χ2n) is 7.18. The van der Waals surface area contributed by atoms with Crippen molar-refractivity contribution < 1.29 is 13.2 Å². The second kappa shape index (κ2) is 6.26. The molecule has 25 heavy (non-hydrogen) atoms. The van der Waals surface area contributed by atoms with Crippen molar-refractivity contribution in [3.05, 3.63) is 48.5 Å². The highest BCUT2D eigenvalue weighted by Crippen LogP contribution is 2.37. The molecule has 0 aliphatic carbocycles. The van der Waals surface area contributed by atoms with E-state index in [0.29, 0.717) is 18.0 Å². The lowest BCUT2D eigenvalue weighted by molar-refractivity contribution is 0.242. The molecule has 1 N–H and O–H groups in total. The molecule has 5 nitrogen and oxygen atoms in total. The first-order chi connectivity index (χ1) is 11.7. The van der Waals surface area contributed by atoms with E-state index in [1.807, 2.05) is 52.0 Å². The van der Waals surface area contributed by atoms with Gasteiger partial charge in [-0.05, 0) is 64.1 Å². The van der Waals surface area contributed by atoms with Crippen LogP contribution in [-0.2, 0) is 10.0 Å². The van der Waals surface area contributed by atoms with Crippen molar-refractivity contribution >= 4 is 21.4 Å². The maximum atomic E-state index is 13.2. The molecule has 0 fully saturated rings. The first kappa shape index (κ1) is 17.6. The van der Waals surface area contributed by atoms with E-state index in [-0.39, 0.29) is 16.5 Å². The first-order valence-corrected chi connectivity index (χ1v) is 9.80. The molecule has 0 saturated carbocycles. The van der Waals surface area contributed by atoms with Gasteiger partial charge in [-0.1, -0.05) is 12.1 Å². The van der Waals surface area contributed by atoms with Gasteiger partial charge >= 0.3 is 0 Å². The quantitative estimate of drug-likeness (QED) is 0.899. The highest BCUT2D eigenvalue weighted by Gasteiger charge is 2.36. The fraction of sp³-hybridized carbons (Fsp3) is 0.368. The van der Waals surface area contributed by atoms with Gasteiger partial charge in [-0.2, -0.15) is 0 Å². The first-order valence-electron chi connectivity index (χ1n) is 8.36. The minimum absolute atomic E-state index is 0.0447. The average molecular weight is 360 g/mol. The van der Waals surface area contributed by atoms with Crippen LogP contribution in [0.1, 0.15) is 27.7 Å². The van der Waals surface area contributed by atoms with E-state index in [4.69, 9.17) is 4.74 Å². The number of anilines is 2. The van der Waals surface area contributed by atoms with E-state index in [9.17, 15) is 8.42 Å². The summed E-state index contributed by atoms with van der Waals surface area (Å²) in [6.07, 6.45) is 0.0447. The molecule has 6 heteroatoms. The predicted octanol–water partition coefficient (Wildman–Crippen LogP) is 3.87. The van der Waals surface area contributed by atoms with Gasteiger partial charge in [-0.25, -0.2) is 8.42 Å². The van der Waals surface area contributed by atoms with Crippen LogP contribution in [0.15, 0.2) is 53.4 Å². The average Bonchev–Trinajstić information content (AvgIpc) is 2.53. The molecule has 1 aliphatic rings. The Bertz CT molecular complexity index is 858. The molecule has 2 aromatic carbocycles. The van der Waals surface area contributed by atoms with Crippen molar-refractivity contribution in [1.82, 2.24) is 0 Å². The molecule has 0 aromatic heterocycles. The zero-order valence-corrected chi connectivity index (χ0v) is 15.8. The highest BCUT2D eigenvalue weighted by molar-refractivity contribution is 7.92. The van der Waals surface area contributed by atoms with Gasteiger partial charge < -0.3 is 10.1 Å². The van der Waals surface area contributed by atoms with Gasteiger partial charge in [0.05, 0.1) is 34.5 Å². The summed E-state index contributed by atoms with van der Waals surface area (Å²) >= 11 is 0. The van der Waals surface area contributed by atoms with Crippen LogP contribution < -0.4 is 14.4 Å². The van der Waals surface area contributed by atoms with Crippen molar-refractivity contribution in [2.45, 2.75) is 44.2 Å². The lowest BCUT2D eigenvalue weighted by Crippen LogP contribution is -2.50. The fourth-order valence-electron chi connectivity index (χ4n) is 2.95. The van der Waals surface area contributed by atoms with Crippen LogP contribution >= 0.6 is 0 Å². The van der Waals surface area contributed by atoms with Gasteiger partial charge in [0.2, 0.25) is 0 Å². The molecule has 1 heterocycles. The highest BCUT2D eigenvalue weighted by atomic mass is 32.2. The van der Waals surface area contributed by atoms with Crippen LogP contribution in [0.25, 0.3) is 0 Å². The van der Waals surface area contributed by atoms with Crippen LogP contribution in [0.2, 0.25) is 0 Å². The zero-order valence-electron chi connectivity index (χ0n) is 15.0. The minimum Gasteiger partial charge on any atom is -0.491 e. The van der Waals surface area contributed by atoms with E-state index in [2.05, 4.69) is 5.32 Å². The number of fused-ring (bicyclic) bond motifs is 1. The Morgan fingerprint density at radius 2 is 1.72 bits per heavy atom. The zero-order chi connectivity index (χ0) is 18.2. The second-order valence-corrected chi connectivity index (χ2v) is 9.04. The Kier molecular flexibility index (Phi) is 4.41. The summed E-state index contributed by atoms with van der Waals surface area (Å²) in [5, 5.41) is 3.39. The number of nitrogens with zero attached hydrogens (tertiary/aromatic N) is 1. The molecule has 0 spiro atoms. The molecule has 0 radical (unpaired) electrons. The van der Waals surface area contributed by atoms with Crippen LogP contribution in [0.4, 0.5) is 11.4 Å². The van der Waals surface area contributed by atoms with E-state index in [0.717, 1.165) is 5.69 Å².